The van der Waals surface area contributed by atoms with Gasteiger partial charge in [-0.1, -0.05) is 0 Å². The van der Waals surface area contributed by atoms with Crippen molar-refractivity contribution in [2.24, 2.45) is 0 Å². The Hall–Kier alpha value is -2.77. The third kappa shape index (κ3) is 6.93. The number of hydrogen-bond acceptors (Lipinski definition) is 5. The molecule has 1 heterocycles. The largest absolute Gasteiger partial charge is 0.593 e. The van der Waals surface area contributed by atoms with E-state index in [9.17, 15) is 14.4 Å². The molecule has 1 aromatic rings. The lowest BCUT2D eigenvalue weighted by Gasteiger charge is -2.29. The van der Waals surface area contributed by atoms with Gasteiger partial charge in [-0.05, 0) is 59.6 Å². The van der Waals surface area contributed by atoms with Gasteiger partial charge in [-0.15, -0.1) is 0 Å². The summed E-state index contributed by atoms with van der Waals surface area (Å²) in [5.74, 6) is -0.310. The molecule has 2 amide bonds. The Bertz CT molecular complexity index is 807. The Morgan fingerprint density at radius 2 is 1.70 bits per heavy atom. The second kappa shape index (κ2) is 8.93. The van der Waals surface area contributed by atoms with Crippen molar-refractivity contribution in [2.75, 3.05) is 24.5 Å². The van der Waals surface area contributed by atoms with Gasteiger partial charge in [0.1, 0.15) is 17.7 Å². The molecule has 1 aromatic carbocycles. The van der Waals surface area contributed by atoms with E-state index in [0.717, 1.165) is 11.3 Å². The molecule has 2 N–H and O–H groups in total. The number of hydrogen-bond donors (Lipinski definition) is 0. The summed E-state index contributed by atoms with van der Waals surface area (Å²) in [7, 11) is 0. The van der Waals surface area contributed by atoms with Crippen LogP contribution in [0.15, 0.2) is 18.2 Å². The second-order valence-corrected chi connectivity index (χ2v) is 9.38. The first-order valence-electron chi connectivity index (χ1n) is 10.1. The lowest BCUT2D eigenvalue weighted by atomic mass is 10.1. The van der Waals surface area contributed by atoms with Crippen molar-refractivity contribution >= 4 is 23.7 Å². The number of rotatable bonds is 5. The lowest BCUT2D eigenvalue weighted by Crippen LogP contribution is -2.45. The van der Waals surface area contributed by atoms with Crippen LogP contribution in [0.5, 0.6) is 5.75 Å². The number of esters is 1. The molecular formula is C22H33N2O6+. The molecule has 30 heavy (non-hydrogen) atoms. The first kappa shape index (κ1) is 23.5. The summed E-state index contributed by atoms with van der Waals surface area (Å²) in [6, 6.07) is 5.14. The molecule has 0 aliphatic carbocycles. The third-order valence-corrected chi connectivity index (χ3v) is 4.26. The molecule has 0 saturated heterocycles. The van der Waals surface area contributed by atoms with Gasteiger partial charge >= 0.3 is 12.1 Å². The molecule has 0 bridgehead atoms. The fourth-order valence-electron chi connectivity index (χ4n) is 3.09. The molecule has 8 heteroatoms. The Morgan fingerprint density at radius 1 is 1.07 bits per heavy atom. The van der Waals surface area contributed by atoms with E-state index in [1.165, 1.54) is 4.90 Å². The molecule has 0 unspecified atom stereocenters. The van der Waals surface area contributed by atoms with E-state index in [4.69, 9.17) is 14.6 Å². The van der Waals surface area contributed by atoms with Crippen LogP contribution in [0.25, 0.3) is 0 Å². The maximum absolute atomic E-state index is 13.0. The highest BCUT2D eigenvalue weighted by atomic mass is 16.6. The summed E-state index contributed by atoms with van der Waals surface area (Å²) < 4.78 is 10.7. The van der Waals surface area contributed by atoms with E-state index in [0.29, 0.717) is 18.7 Å². The van der Waals surface area contributed by atoms with Crippen LogP contribution in [-0.4, -0.2) is 58.8 Å². The van der Waals surface area contributed by atoms with E-state index >= 15 is 0 Å². The van der Waals surface area contributed by atoms with Gasteiger partial charge in [0.15, 0.2) is 0 Å². The molecule has 2 rings (SSSR count). The zero-order valence-electron chi connectivity index (χ0n) is 18.7. The molecule has 166 valence electrons. The van der Waals surface area contributed by atoms with Crippen LogP contribution in [-0.2, 0) is 25.5 Å². The quantitative estimate of drug-likeness (QED) is 0.538. The zero-order chi connectivity index (χ0) is 22.7. The first-order valence-corrected chi connectivity index (χ1v) is 10.1. The molecule has 0 aromatic heterocycles. The van der Waals surface area contributed by atoms with Gasteiger partial charge in [-0.3, -0.25) is 14.5 Å². The summed E-state index contributed by atoms with van der Waals surface area (Å²) in [6.45, 7) is 10.8. The highest BCUT2D eigenvalue weighted by Gasteiger charge is 2.30. The minimum absolute atomic E-state index is 0.0158. The van der Waals surface area contributed by atoms with Crippen molar-refractivity contribution in [3.8, 4) is 5.75 Å². The number of nitrogens with zero attached hydrogens (tertiary/aromatic N) is 2. The van der Waals surface area contributed by atoms with Crippen LogP contribution in [0.3, 0.4) is 0 Å². The predicted molar refractivity (Wildman–Crippen MR) is 114 cm³/mol. The monoisotopic (exact) mass is 421 g/mol. The average molecular weight is 422 g/mol. The van der Waals surface area contributed by atoms with E-state index in [1.54, 1.807) is 64.6 Å². The van der Waals surface area contributed by atoms with Crippen molar-refractivity contribution < 1.29 is 29.0 Å². The molecule has 1 aliphatic rings. The van der Waals surface area contributed by atoms with E-state index < -0.39 is 23.3 Å². The van der Waals surface area contributed by atoms with Crippen LogP contribution in [0, 0.1) is 0 Å². The summed E-state index contributed by atoms with van der Waals surface area (Å²) >= 11 is 0. The fraction of sp³-hybridized carbons (Fsp3) is 0.591. The van der Waals surface area contributed by atoms with Gasteiger partial charge in [-0.25, -0.2) is 4.79 Å². The second-order valence-electron chi connectivity index (χ2n) is 9.38. The molecule has 0 atom stereocenters. The van der Waals surface area contributed by atoms with Crippen molar-refractivity contribution in [2.45, 2.75) is 65.6 Å². The Kier molecular flexibility index (Phi) is 7.00. The van der Waals surface area contributed by atoms with Gasteiger partial charge in [-0.2, -0.15) is 0 Å². The molecule has 0 radical (unpaired) electrons. The smallest absolute Gasteiger partial charge is 0.410 e. The molecule has 8 nitrogen and oxygen atoms in total. The standard InChI is InChI=1S/C22H32N2O6/c1-21(2,3)29-19(27)10-11-23(20(28)30-22(4,5)6)14-18(26)24-12-9-15-13-16(25)7-8-17(15)24/h7-8,13,25H,9-12,14H2,1-6H3/p+1. The first-order chi connectivity index (χ1) is 13.7. The van der Waals surface area contributed by atoms with Gasteiger partial charge < -0.3 is 19.5 Å². The molecule has 1 aliphatic heterocycles. The number of amides is 2. The minimum atomic E-state index is -0.727. The average Bonchev–Trinajstić information content (AvgIpc) is 2.98. The molecule has 0 spiro atoms. The topological polar surface area (TPSA) is 99.0 Å². The van der Waals surface area contributed by atoms with Crippen molar-refractivity contribution in [3.05, 3.63) is 23.8 Å². The SMILES string of the molecule is CC(C)(C)OC(=O)CCN(CC(=O)N1CCc2cc([OH2+])ccc21)C(=O)OC(C)(C)C. The summed E-state index contributed by atoms with van der Waals surface area (Å²) in [5.41, 5.74) is 0.343. The number of carbonyl (C=O) groups is 3. The van der Waals surface area contributed by atoms with E-state index in [-0.39, 0.29) is 25.4 Å². The van der Waals surface area contributed by atoms with Gasteiger partial charge in [0.2, 0.25) is 5.91 Å². The van der Waals surface area contributed by atoms with Crippen molar-refractivity contribution in [1.82, 2.24) is 4.90 Å². The zero-order valence-corrected chi connectivity index (χ0v) is 18.7. The molecule has 0 fully saturated rings. The van der Waals surface area contributed by atoms with Crippen LogP contribution in [0.4, 0.5) is 10.5 Å². The minimum Gasteiger partial charge on any atom is -0.593 e. The van der Waals surface area contributed by atoms with Gasteiger partial charge in [0.05, 0.1) is 6.42 Å². The molecular weight excluding hydrogens is 388 g/mol. The summed E-state index contributed by atoms with van der Waals surface area (Å²) in [4.78, 5) is 40.6. The van der Waals surface area contributed by atoms with Crippen LogP contribution >= 0.6 is 0 Å². The van der Waals surface area contributed by atoms with Gasteiger partial charge in [0, 0.05) is 30.9 Å². The van der Waals surface area contributed by atoms with Crippen LogP contribution < -0.4 is 4.90 Å². The van der Waals surface area contributed by atoms with E-state index in [2.05, 4.69) is 0 Å². The number of benzene rings is 1. The summed E-state index contributed by atoms with van der Waals surface area (Å²) in [6.07, 6.45) is -0.0268. The highest BCUT2D eigenvalue weighted by molar-refractivity contribution is 5.98. The lowest BCUT2D eigenvalue weighted by molar-refractivity contribution is -0.155. The maximum atomic E-state index is 13.0. The van der Waals surface area contributed by atoms with Crippen LogP contribution in [0.2, 0.25) is 0 Å². The van der Waals surface area contributed by atoms with Crippen LogP contribution in [0.1, 0.15) is 53.5 Å². The fourth-order valence-corrected chi connectivity index (χ4v) is 3.09. The maximum Gasteiger partial charge on any atom is 0.410 e. The van der Waals surface area contributed by atoms with Crippen molar-refractivity contribution in [1.29, 1.82) is 0 Å². The number of fused-ring (bicyclic) bond motifs is 1. The highest BCUT2D eigenvalue weighted by Crippen LogP contribution is 2.31. The summed E-state index contributed by atoms with van der Waals surface area (Å²) in [5, 5.41) is 7.73. The van der Waals surface area contributed by atoms with E-state index in [1.807, 2.05) is 0 Å². The predicted octanol–water partition coefficient (Wildman–Crippen LogP) is 2.98. The normalized spacial score (nSPS) is 13.6. The number of carbonyl (C=O) groups excluding carboxylic acids is 3. The number of ether oxygens (including phenoxy) is 2. The Labute approximate surface area is 177 Å². The van der Waals surface area contributed by atoms with Crippen molar-refractivity contribution in [3.63, 3.8) is 0 Å². The third-order valence-electron chi connectivity index (χ3n) is 4.26. The number of anilines is 1. The van der Waals surface area contributed by atoms with Gasteiger partial charge in [0.25, 0.3) is 5.75 Å². The Morgan fingerprint density at radius 3 is 2.30 bits per heavy atom. The molecule has 0 saturated carbocycles. The Balaban J connectivity index is 2.10.